The van der Waals surface area contributed by atoms with E-state index >= 15 is 0 Å². The van der Waals surface area contributed by atoms with Crippen molar-refractivity contribution in [1.82, 2.24) is 0 Å². The zero-order valence-corrected chi connectivity index (χ0v) is 17.5. The van der Waals surface area contributed by atoms with Crippen LogP contribution in [0.4, 0.5) is 4.39 Å². The lowest BCUT2D eigenvalue weighted by molar-refractivity contribution is 0.0734. The van der Waals surface area contributed by atoms with Crippen LogP contribution >= 0.6 is 0 Å². The van der Waals surface area contributed by atoms with Crippen LogP contribution in [0.15, 0.2) is 90.8 Å². The van der Waals surface area contributed by atoms with Crippen molar-refractivity contribution in [3.05, 3.63) is 113 Å². The zero-order valence-electron chi connectivity index (χ0n) is 17.5. The van der Waals surface area contributed by atoms with E-state index < -0.39 is 17.7 Å². The molecule has 3 aromatic carbocycles. The number of carbonyl (C=O) groups is 1. The first-order valence-electron chi connectivity index (χ1n) is 10.0. The number of benzene rings is 3. The van der Waals surface area contributed by atoms with Gasteiger partial charge in [0.15, 0.2) is 0 Å². The number of carbonyl (C=O) groups excluding carboxylic acids is 1. The number of hydrogen-bond donors (Lipinski definition) is 1. The van der Waals surface area contributed by atoms with Gasteiger partial charge < -0.3 is 19.9 Å². The predicted octanol–water partition coefficient (Wildman–Crippen LogP) is 4.83. The van der Waals surface area contributed by atoms with E-state index in [1.165, 1.54) is 18.2 Å². The number of fused-ring (bicyclic) bond motifs is 1. The molecule has 0 fully saturated rings. The Kier molecular flexibility index (Phi) is 6.09. The maximum atomic E-state index is 13.9. The fraction of sp³-hybridized carbons (Fsp3) is 0.0769. The van der Waals surface area contributed by atoms with E-state index in [0.29, 0.717) is 34.8 Å². The largest absolute Gasteiger partial charge is 0.490 e. The fourth-order valence-corrected chi connectivity index (χ4v) is 3.54. The molecule has 1 unspecified atom stereocenters. The van der Waals surface area contributed by atoms with Crippen LogP contribution < -0.4 is 19.9 Å². The molecule has 33 heavy (non-hydrogen) atoms. The van der Waals surface area contributed by atoms with E-state index in [4.69, 9.17) is 19.9 Å². The first-order valence-corrected chi connectivity index (χ1v) is 10.0. The Balaban J connectivity index is 1.60. The van der Waals surface area contributed by atoms with Crippen molar-refractivity contribution in [2.45, 2.75) is 5.92 Å². The first kappa shape index (κ1) is 21.7. The van der Waals surface area contributed by atoms with Crippen LogP contribution in [0.5, 0.6) is 17.2 Å². The Bertz CT molecular complexity index is 1290. The Morgan fingerprint density at radius 1 is 1.15 bits per heavy atom. The molecule has 0 saturated heterocycles. The van der Waals surface area contributed by atoms with Gasteiger partial charge in [-0.1, -0.05) is 30.9 Å². The van der Waals surface area contributed by atoms with Crippen LogP contribution in [0.1, 0.15) is 27.4 Å². The van der Waals surface area contributed by atoms with Crippen molar-refractivity contribution in [3.8, 4) is 23.3 Å². The van der Waals surface area contributed by atoms with Crippen molar-refractivity contribution in [2.75, 3.05) is 6.61 Å². The van der Waals surface area contributed by atoms with Gasteiger partial charge in [0.1, 0.15) is 41.3 Å². The topological polar surface area (TPSA) is 94.6 Å². The third-order valence-corrected chi connectivity index (χ3v) is 5.04. The summed E-state index contributed by atoms with van der Waals surface area (Å²) in [5.41, 5.74) is 7.65. The van der Waals surface area contributed by atoms with E-state index in [9.17, 15) is 14.4 Å². The molecule has 1 aliphatic heterocycles. The maximum absolute atomic E-state index is 13.9. The molecule has 6 nitrogen and oxygen atoms in total. The highest BCUT2D eigenvalue weighted by Gasteiger charge is 2.31. The minimum Gasteiger partial charge on any atom is -0.490 e. The number of halogens is 1. The predicted molar refractivity (Wildman–Crippen MR) is 119 cm³/mol. The van der Waals surface area contributed by atoms with Crippen molar-refractivity contribution in [2.24, 2.45) is 5.73 Å². The van der Waals surface area contributed by atoms with Crippen molar-refractivity contribution >= 4 is 5.97 Å². The van der Waals surface area contributed by atoms with Crippen LogP contribution in [0, 0.1) is 17.1 Å². The van der Waals surface area contributed by atoms with Gasteiger partial charge in [-0.2, -0.15) is 5.26 Å². The molecule has 3 aromatic rings. The molecule has 0 spiro atoms. The lowest BCUT2D eigenvalue weighted by Gasteiger charge is -2.26. The van der Waals surface area contributed by atoms with Crippen molar-refractivity contribution in [1.29, 1.82) is 5.26 Å². The van der Waals surface area contributed by atoms with E-state index in [1.54, 1.807) is 54.6 Å². The molecule has 0 amide bonds. The quantitative estimate of drug-likeness (QED) is 0.334. The van der Waals surface area contributed by atoms with E-state index in [1.807, 2.05) is 0 Å². The zero-order chi connectivity index (χ0) is 23.4. The van der Waals surface area contributed by atoms with Crippen LogP contribution in [-0.4, -0.2) is 12.6 Å². The number of nitrogens with two attached hydrogens (primary N) is 1. The lowest BCUT2D eigenvalue weighted by Crippen LogP contribution is -2.21. The number of hydrogen-bond acceptors (Lipinski definition) is 6. The van der Waals surface area contributed by atoms with Crippen LogP contribution in [0.3, 0.4) is 0 Å². The summed E-state index contributed by atoms with van der Waals surface area (Å²) in [7, 11) is 0. The number of rotatable bonds is 6. The molecule has 0 bridgehead atoms. The van der Waals surface area contributed by atoms with Gasteiger partial charge in [-0.15, -0.1) is 0 Å². The third kappa shape index (κ3) is 4.55. The summed E-state index contributed by atoms with van der Waals surface area (Å²) in [5.74, 6) is -0.532. The number of ether oxygens (including phenoxy) is 3. The molecule has 2 N–H and O–H groups in total. The van der Waals surface area contributed by atoms with Gasteiger partial charge >= 0.3 is 5.97 Å². The van der Waals surface area contributed by atoms with Crippen LogP contribution in [0.2, 0.25) is 0 Å². The van der Waals surface area contributed by atoms with E-state index in [0.717, 1.165) is 0 Å². The summed E-state index contributed by atoms with van der Waals surface area (Å²) < 4.78 is 30.4. The Labute approximate surface area is 189 Å². The second-order valence-electron chi connectivity index (χ2n) is 7.19. The molecule has 7 heteroatoms. The molecule has 0 saturated carbocycles. The molecule has 164 valence electrons. The monoisotopic (exact) mass is 442 g/mol. The number of allylic oxidation sites excluding steroid dienone is 1. The molecule has 1 heterocycles. The molecule has 1 aliphatic rings. The Morgan fingerprint density at radius 3 is 2.61 bits per heavy atom. The van der Waals surface area contributed by atoms with Crippen molar-refractivity contribution in [3.63, 3.8) is 0 Å². The SMILES string of the molecule is C=CCOc1ccc(C(=O)Oc2ccc3c(c2)OC(N)=C(C#N)C3c2cccc(F)c2)cc1. The molecule has 4 rings (SSSR count). The lowest BCUT2D eigenvalue weighted by atomic mass is 9.83. The standard InChI is InChI=1S/C26H19FN2O4/c1-2-12-31-19-8-6-16(7-9-19)26(30)32-20-10-11-21-23(14-20)33-25(29)22(15-28)24(21)17-4-3-5-18(27)13-17/h2-11,13-14,24H,1,12,29H2. The summed E-state index contributed by atoms with van der Waals surface area (Å²) in [6.45, 7) is 3.95. The third-order valence-electron chi connectivity index (χ3n) is 5.04. The van der Waals surface area contributed by atoms with Gasteiger partial charge in [0.05, 0.1) is 11.5 Å². The summed E-state index contributed by atoms with van der Waals surface area (Å²) in [6, 6.07) is 19.3. The fourth-order valence-electron chi connectivity index (χ4n) is 3.54. The van der Waals surface area contributed by atoms with Gasteiger partial charge in [-0.05, 0) is 48.0 Å². The van der Waals surface area contributed by atoms with Gasteiger partial charge in [0, 0.05) is 11.6 Å². The maximum Gasteiger partial charge on any atom is 0.343 e. The van der Waals surface area contributed by atoms with Gasteiger partial charge in [0.25, 0.3) is 0 Å². The Hall–Kier alpha value is -4.57. The summed E-state index contributed by atoms with van der Waals surface area (Å²) in [5, 5.41) is 9.61. The van der Waals surface area contributed by atoms with Gasteiger partial charge in [-0.3, -0.25) is 0 Å². The first-order chi connectivity index (χ1) is 16.0. The number of esters is 1. The summed E-state index contributed by atoms with van der Waals surface area (Å²) >= 11 is 0. The van der Waals surface area contributed by atoms with Crippen LogP contribution in [0.25, 0.3) is 0 Å². The summed E-state index contributed by atoms with van der Waals surface area (Å²) in [6.07, 6.45) is 1.63. The Morgan fingerprint density at radius 2 is 1.91 bits per heavy atom. The minimum absolute atomic E-state index is 0.0853. The highest BCUT2D eigenvalue weighted by molar-refractivity contribution is 5.91. The van der Waals surface area contributed by atoms with Crippen molar-refractivity contribution < 1.29 is 23.4 Å². The normalized spacial score (nSPS) is 14.5. The molecule has 0 aliphatic carbocycles. The molecular formula is C26H19FN2O4. The molecule has 0 aromatic heterocycles. The molecule has 0 radical (unpaired) electrons. The summed E-state index contributed by atoms with van der Waals surface area (Å²) in [4.78, 5) is 12.6. The second kappa shape index (κ2) is 9.28. The highest BCUT2D eigenvalue weighted by atomic mass is 19.1. The average molecular weight is 442 g/mol. The smallest absolute Gasteiger partial charge is 0.343 e. The highest BCUT2D eigenvalue weighted by Crippen LogP contribution is 2.43. The van der Waals surface area contributed by atoms with Crippen LogP contribution in [-0.2, 0) is 0 Å². The average Bonchev–Trinajstić information content (AvgIpc) is 2.82. The molecule has 1 atom stereocenters. The van der Waals surface area contributed by atoms with Gasteiger partial charge in [-0.25, -0.2) is 9.18 Å². The second-order valence-corrected chi connectivity index (χ2v) is 7.19. The minimum atomic E-state index is -0.609. The number of nitrogens with zero attached hydrogens (tertiary/aromatic N) is 1. The van der Waals surface area contributed by atoms with E-state index in [2.05, 4.69) is 12.6 Å². The van der Waals surface area contributed by atoms with Gasteiger partial charge in [0.2, 0.25) is 5.88 Å². The number of nitriles is 1. The molecular weight excluding hydrogens is 423 g/mol. The van der Waals surface area contributed by atoms with E-state index in [-0.39, 0.29) is 17.2 Å².